The molecule has 2 heterocycles. The molecule has 0 unspecified atom stereocenters. The van der Waals surface area contributed by atoms with Crippen LogP contribution in [0.15, 0.2) is 35.1 Å². The number of esters is 4. The highest BCUT2D eigenvalue weighted by atomic mass is 32.2. The van der Waals surface area contributed by atoms with Crippen LogP contribution in [0.5, 0.6) is 0 Å². The molecule has 12 nitrogen and oxygen atoms in total. The summed E-state index contributed by atoms with van der Waals surface area (Å²) in [6, 6.07) is 8.87. The Kier molecular flexibility index (Phi) is 10.1. The van der Waals surface area contributed by atoms with Crippen molar-refractivity contribution in [1.29, 1.82) is 0 Å². The van der Waals surface area contributed by atoms with Crippen molar-refractivity contribution in [1.82, 2.24) is 9.78 Å². The second-order valence-electron chi connectivity index (χ2n) is 8.56. The minimum atomic E-state index is -1.33. The fourth-order valence-electron chi connectivity index (χ4n) is 3.99. The van der Waals surface area contributed by atoms with Crippen molar-refractivity contribution in [3.8, 4) is 5.69 Å². The molecule has 5 atom stereocenters. The number of ether oxygens (including phenoxy) is 5. The number of aromatic amines is 1. The Balaban J connectivity index is 2.00. The Labute approximate surface area is 233 Å². The number of nitrogens with zero attached hydrogens (tertiary/aromatic N) is 1. The molecule has 14 heteroatoms. The van der Waals surface area contributed by atoms with Gasteiger partial charge in [-0.2, -0.15) is 0 Å². The van der Waals surface area contributed by atoms with Gasteiger partial charge in [0.05, 0.1) is 15.4 Å². The average Bonchev–Trinajstić information content (AvgIpc) is 3.15. The highest BCUT2D eigenvalue weighted by Crippen LogP contribution is 2.36. The number of para-hydroxylation sites is 1. The molecule has 1 aromatic heterocycles. The van der Waals surface area contributed by atoms with E-state index < -0.39 is 59.3 Å². The summed E-state index contributed by atoms with van der Waals surface area (Å²) in [7, 11) is 0. The third-order valence-corrected chi connectivity index (χ3v) is 6.98. The first-order valence-corrected chi connectivity index (χ1v) is 13.1. The smallest absolute Gasteiger partial charge is 0.303 e. The van der Waals surface area contributed by atoms with Crippen LogP contribution < -0.4 is 5.56 Å². The fourth-order valence-corrected chi connectivity index (χ4v) is 5.63. The van der Waals surface area contributed by atoms with Crippen LogP contribution >= 0.6 is 24.0 Å². The number of rotatable bonds is 8. The summed E-state index contributed by atoms with van der Waals surface area (Å²) >= 11 is 6.48. The maximum atomic E-state index is 13.3. The first kappa shape index (κ1) is 30.1. The largest absolute Gasteiger partial charge is 0.463 e. The van der Waals surface area contributed by atoms with Gasteiger partial charge in [0.15, 0.2) is 18.3 Å². The van der Waals surface area contributed by atoms with Crippen LogP contribution in [0.3, 0.4) is 0 Å². The summed E-state index contributed by atoms with van der Waals surface area (Å²) in [5, 5.41) is 2.99. The molecule has 0 bridgehead atoms. The zero-order chi connectivity index (χ0) is 28.9. The number of carbonyl (C=O) groups excluding carboxylic acids is 4. The van der Waals surface area contributed by atoms with Crippen molar-refractivity contribution in [3.63, 3.8) is 0 Å². The Morgan fingerprint density at radius 2 is 1.49 bits per heavy atom. The van der Waals surface area contributed by atoms with Crippen molar-refractivity contribution in [3.05, 3.63) is 51.9 Å². The number of H-pyrrole nitrogens is 1. The van der Waals surface area contributed by atoms with E-state index in [1.165, 1.54) is 11.6 Å². The van der Waals surface area contributed by atoms with Crippen molar-refractivity contribution < 1.29 is 42.9 Å². The van der Waals surface area contributed by atoms with E-state index in [9.17, 15) is 24.0 Å². The monoisotopic (exact) mass is 580 g/mol. The molecule has 2 aromatic rings. The molecular weight excluding hydrogens is 552 g/mol. The van der Waals surface area contributed by atoms with Gasteiger partial charge in [-0.25, -0.2) is 4.68 Å². The van der Waals surface area contributed by atoms with E-state index in [2.05, 4.69) is 5.10 Å². The molecule has 1 N–H and O–H groups in total. The molecule has 0 saturated carbocycles. The average molecular weight is 581 g/mol. The first-order valence-electron chi connectivity index (χ1n) is 11.8. The van der Waals surface area contributed by atoms with Gasteiger partial charge in [-0.15, -0.1) is 0 Å². The van der Waals surface area contributed by atoms with Gasteiger partial charge in [0.1, 0.15) is 18.1 Å². The Morgan fingerprint density at radius 3 is 2.05 bits per heavy atom. The topological polar surface area (TPSA) is 152 Å². The SMILES string of the molecule is CC(=O)OC[C@H]1O[C@@H](SC(=S)c2c(C)[nH]n(-c3ccccc3)c2=O)[C@H](OC(C)=O)[C@@H](OC(C)=O)[C@@H]1OC(C)=O. The summed E-state index contributed by atoms with van der Waals surface area (Å²) < 4.78 is 28.9. The van der Waals surface area contributed by atoms with E-state index in [0.717, 1.165) is 32.5 Å². The lowest BCUT2D eigenvalue weighted by Crippen LogP contribution is -2.61. The van der Waals surface area contributed by atoms with Gasteiger partial charge in [-0.3, -0.25) is 29.1 Å². The van der Waals surface area contributed by atoms with Gasteiger partial charge in [-0.05, 0) is 19.1 Å². The van der Waals surface area contributed by atoms with Crippen LogP contribution in [0.25, 0.3) is 5.69 Å². The Morgan fingerprint density at radius 1 is 0.923 bits per heavy atom. The van der Waals surface area contributed by atoms with Crippen molar-refractivity contribution in [2.24, 2.45) is 0 Å². The minimum Gasteiger partial charge on any atom is -0.463 e. The third kappa shape index (κ3) is 7.55. The Hall–Kier alpha value is -3.49. The molecule has 3 rings (SSSR count). The van der Waals surface area contributed by atoms with E-state index in [1.54, 1.807) is 31.2 Å². The van der Waals surface area contributed by atoms with Crippen LogP contribution in [-0.4, -0.2) is 74.3 Å². The van der Waals surface area contributed by atoms with E-state index >= 15 is 0 Å². The molecule has 1 aliphatic heterocycles. The number of hydrogen-bond donors (Lipinski definition) is 1. The normalized spacial score (nSPS) is 22.4. The number of aromatic nitrogens is 2. The predicted molar refractivity (Wildman–Crippen MR) is 142 cm³/mol. The number of nitrogens with one attached hydrogen (secondary N) is 1. The molecule has 1 saturated heterocycles. The van der Waals surface area contributed by atoms with Gasteiger partial charge in [0.2, 0.25) is 0 Å². The minimum absolute atomic E-state index is 0.101. The predicted octanol–water partition coefficient (Wildman–Crippen LogP) is 1.97. The lowest BCUT2D eigenvalue weighted by atomic mass is 9.99. The molecule has 1 aromatic carbocycles. The zero-order valence-electron chi connectivity index (χ0n) is 21.8. The van der Waals surface area contributed by atoms with Gasteiger partial charge in [0, 0.05) is 33.4 Å². The van der Waals surface area contributed by atoms with Crippen molar-refractivity contribution in [2.45, 2.75) is 64.5 Å². The van der Waals surface area contributed by atoms with Crippen LogP contribution in [0.4, 0.5) is 0 Å². The maximum Gasteiger partial charge on any atom is 0.303 e. The second-order valence-corrected chi connectivity index (χ2v) is 10.3. The quantitative estimate of drug-likeness (QED) is 0.276. The molecule has 0 spiro atoms. The highest BCUT2D eigenvalue weighted by molar-refractivity contribution is 8.24. The lowest BCUT2D eigenvalue weighted by Gasteiger charge is -2.44. The van der Waals surface area contributed by atoms with Crippen LogP contribution in [0.1, 0.15) is 39.0 Å². The maximum absolute atomic E-state index is 13.3. The van der Waals surface area contributed by atoms with Crippen molar-refractivity contribution in [2.75, 3.05) is 6.61 Å². The van der Waals surface area contributed by atoms with Gasteiger partial charge < -0.3 is 23.7 Å². The highest BCUT2D eigenvalue weighted by Gasteiger charge is 2.52. The van der Waals surface area contributed by atoms with Crippen LogP contribution in [-0.2, 0) is 42.9 Å². The number of benzene rings is 1. The number of carbonyl (C=O) groups is 4. The van der Waals surface area contributed by atoms with E-state index in [1.807, 2.05) is 6.07 Å². The van der Waals surface area contributed by atoms with Crippen LogP contribution in [0.2, 0.25) is 0 Å². The van der Waals surface area contributed by atoms with Crippen molar-refractivity contribution >= 4 is 52.1 Å². The first-order chi connectivity index (χ1) is 18.4. The number of hydrogen-bond acceptors (Lipinski definition) is 12. The molecular formula is C25H28N2O10S2. The van der Waals surface area contributed by atoms with E-state index in [4.69, 9.17) is 35.9 Å². The second kappa shape index (κ2) is 13.0. The molecule has 0 amide bonds. The Bertz CT molecular complexity index is 1310. The molecule has 210 valence electrons. The number of thiocarbonyl (C=S) groups is 1. The summed E-state index contributed by atoms with van der Waals surface area (Å²) in [5.41, 5.74) is -0.297. The molecule has 1 aliphatic rings. The molecule has 1 fully saturated rings. The molecule has 39 heavy (non-hydrogen) atoms. The summed E-state index contributed by atoms with van der Waals surface area (Å²) in [6.45, 7) is 5.90. The summed E-state index contributed by atoms with van der Waals surface area (Å²) in [6.07, 6.45) is -5.05. The van der Waals surface area contributed by atoms with Gasteiger partial charge in [-0.1, -0.05) is 42.2 Å². The number of thioether (sulfide) groups is 1. The number of aryl methyl sites for hydroxylation is 1. The van der Waals surface area contributed by atoms with Crippen LogP contribution in [0, 0.1) is 6.92 Å². The molecule has 0 radical (unpaired) electrons. The third-order valence-electron chi connectivity index (χ3n) is 5.46. The molecule has 0 aliphatic carbocycles. The van der Waals surface area contributed by atoms with Gasteiger partial charge >= 0.3 is 23.9 Å². The summed E-state index contributed by atoms with van der Waals surface area (Å²) in [5.74, 6) is -2.85. The lowest BCUT2D eigenvalue weighted by molar-refractivity contribution is -0.237. The fraction of sp³-hybridized carbons (Fsp3) is 0.440. The zero-order valence-corrected chi connectivity index (χ0v) is 23.5. The standard InChI is InChI=1S/C25H28N2O10S2/c1-12-19(23(32)27(26-12)17-9-7-6-8-10-17)25(38)39-24-22(36-16(5)31)21(35-15(4)30)20(34-14(3)29)18(37-24)11-33-13(2)28/h6-10,18,20-22,24,26H,11H2,1-5H3/t18-,20-,21+,22-,24+/m1/s1. The van der Waals surface area contributed by atoms with E-state index in [0.29, 0.717) is 11.4 Å². The van der Waals surface area contributed by atoms with E-state index in [-0.39, 0.29) is 16.4 Å². The summed E-state index contributed by atoms with van der Waals surface area (Å²) in [4.78, 5) is 60.7. The van der Waals surface area contributed by atoms with Gasteiger partial charge in [0.25, 0.3) is 5.56 Å².